The lowest BCUT2D eigenvalue weighted by Gasteiger charge is -2.06. The first-order chi connectivity index (χ1) is 10.9. The normalized spacial score (nSPS) is 11.0. The number of ether oxygens (including phenoxy) is 2. The van der Waals surface area contributed by atoms with E-state index in [1.165, 1.54) is 12.1 Å². The van der Waals surface area contributed by atoms with E-state index in [4.69, 9.17) is 15.2 Å². The lowest BCUT2D eigenvalue weighted by molar-refractivity contribution is -0.134. The van der Waals surface area contributed by atoms with Crippen molar-refractivity contribution in [3.8, 4) is 5.75 Å². The Morgan fingerprint density at radius 3 is 2.39 bits per heavy atom. The zero-order valence-electron chi connectivity index (χ0n) is 13.3. The van der Waals surface area contributed by atoms with Gasteiger partial charge in [0.15, 0.2) is 0 Å². The van der Waals surface area contributed by atoms with Crippen molar-refractivity contribution in [2.45, 2.75) is 33.1 Å². The zero-order valence-corrected chi connectivity index (χ0v) is 13.3. The maximum atomic E-state index is 11.8. The van der Waals surface area contributed by atoms with Crippen LogP contribution in [0.2, 0.25) is 0 Å². The van der Waals surface area contributed by atoms with Crippen LogP contribution in [0, 0.1) is 0 Å². The number of carbonyl (C=O) groups excluding carboxylic acids is 3. The van der Waals surface area contributed by atoms with E-state index in [1.54, 1.807) is 25.1 Å². The highest BCUT2D eigenvalue weighted by Crippen LogP contribution is 2.14. The number of esters is 2. The second-order valence-electron chi connectivity index (χ2n) is 4.92. The Labute approximate surface area is 135 Å². The fraction of sp³-hybridized carbons (Fsp3) is 0.353. The summed E-state index contributed by atoms with van der Waals surface area (Å²) in [5.41, 5.74) is 5.87. The van der Waals surface area contributed by atoms with Crippen LogP contribution >= 0.6 is 0 Å². The fourth-order valence-electron chi connectivity index (χ4n) is 1.66. The topological polar surface area (TPSA) is 95.7 Å². The van der Waals surface area contributed by atoms with Crippen LogP contribution < -0.4 is 10.5 Å². The maximum absolute atomic E-state index is 11.8. The molecule has 6 heteroatoms. The Kier molecular flexibility index (Phi) is 7.53. The Morgan fingerprint density at radius 1 is 1.17 bits per heavy atom. The van der Waals surface area contributed by atoms with Gasteiger partial charge in [0, 0.05) is 18.4 Å². The van der Waals surface area contributed by atoms with Gasteiger partial charge in [-0.15, -0.1) is 0 Å². The van der Waals surface area contributed by atoms with E-state index in [-0.39, 0.29) is 12.6 Å². The molecule has 0 unspecified atom stereocenters. The summed E-state index contributed by atoms with van der Waals surface area (Å²) in [5.74, 6) is -0.898. The molecule has 0 saturated heterocycles. The van der Waals surface area contributed by atoms with Gasteiger partial charge < -0.3 is 15.2 Å². The van der Waals surface area contributed by atoms with Crippen molar-refractivity contribution in [2.24, 2.45) is 5.73 Å². The predicted molar refractivity (Wildman–Crippen MR) is 84.8 cm³/mol. The van der Waals surface area contributed by atoms with Gasteiger partial charge in [-0.3, -0.25) is 9.59 Å². The van der Waals surface area contributed by atoms with E-state index in [1.807, 2.05) is 6.92 Å². The molecular formula is C17H21NO5. The molecule has 0 bridgehead atoms. The molecule has 0 fully saturated rings. The van der Waals surface area contributed by atoms with Crippen LogP contribution in [0.15, 0.2) is 35.9 Å². The third-order valence-corrected chi connectivity index (χ3v) is 2.97. The zero-order chi connectivity index (χ0) is 17.2. The average Bonchev–Trinajstić information content (AvgIpc) is 2.51. The van der Waals surface area contributed by atoms with E-state index in [0.29, 0.717) is 36.1 Å². The smallest absolute Gasteiger partial charge is 0.338 e. The SMILES string of the molecule is CCCC(=O)Oc1ccc(C(=O)OCCC=C(C)C(N)=O)cc1. The summed E-state index contributed by atoms with van der Waals surface area (Å²) in [6.45, 7) is 3.64. The first kappa shape index (κ1) is 18.4. The Balaban J connectivity index is 2.46. The molecule has 1 aromatic rings. The number of hydrogen-bond donors (Lipinski definition) is 1. The van der Waals surface area contributed by atoms with Crippen molar-refractivity contribution in [1.82, 2.24) is 0 Å². The van der Waals surface area contributed by atoms with Crippen molar-refractivity contribution in [3.63, 3.8) is 0 Å². The molecule has 0 heterocycles. The third kappa shape index (κ3) is 6.78. The van der Waals surface area contributed by atoms with E-state index < -0.39 is 11.9 Å². The molecule has 1 aromatic carbocycles. The van der Waals surface area contributed by atoms with Crippen LogP contribution in [0.3, 0.4) is 0 Å². The van der Waals surface area contributed by atoms with Gasteiger partial charge in [0.1, 0.15) is 5.75 Å². The van der Waals surface area contributed by atoms with Gasteiger partial charge in [-0.1, -0.05) is 13.0 Å². The standard InChI is InChI=1S/C17H21NO5/c1-3-5-15(19)23-14-9-7-13(8-10-14)17(21)22-11-4-6-12(2)16(18)20/h6-10H,3-5,11H2,1-2H3,(H2,18,20). The highest BCUT2D eigenvalue weighted by molar-refractivity contribution is 5.91. The number of benzene rings is 1. The van der Waals surface area contributed by atoms with Crippen LogP contribution in [0.25, 0.3) is 0 Å². The molecule has 0 spiro atoms. The Hall–Kier alpha value is -2.63. The van der Waals surface area contributed by atoms with Gasteiger partial charge in [-0.05, 0) is 37.6 Å². The summed E-state index contributed by atoms with van der Waals surface area (Å²) in [4.78, 5) is 34.0. The van der Waals surface area contributed by atoms with Gasteiger partial charge in [0.25, 0.3) is 0 Å². The van der Waals surface area contributed by atoms with Crippen LogP contribution in [0.5, 0.6) is 5.75 Å². The molecule has 1 rings (SSSR count). The number of hydrogen-bond acceptors (Lipinski definition) is 5. The number of carbonyl (C=O) groups is 3. The number of rotatable bonds is 8. The second kappa shape index (κ2) is 9.40. The van der Waals surface area contributed by atoms with Crippen LogP contribution in [0.1, 0.15) is 43.5 Å². The van der Waals surface area contributed by atoms with Crippen molar-refractivity contribution >= 4 is 17.8 Å². The first-order valence-corrected chi connectivity index (χ1v) is 7.38. The summed E-state index contributed by atoms with van der Waals surface area (Å²) >= 11 is 0. The van der Waals surface area contributed by atoms with Crippen molar-refractivity contribution < 1.29 is 23.9 Å². The van der Waals surface area contributed by atoms with Gasteiger partial charge >= 0.3 is 11.9 Å². The largest absolute Gasteiger partial charge is 0.462 e. The quantitative estimate of drug-likeness (QED) is 0.343. The molecule has 6 nitrogen and oxygen atoms in total. The molecular weight excluding hydrogens is 298 g/mol. The molecule has 0 saturated carbocycles. The van der Waals surface area contributed by atoms with E-state index in [2.05, 4.69) is 0 Å². The minimum atomic E-state index is -0.496. The highest BCUT2D eigenvalue weighted by atomic mass is 16.5. The molecule has 2 N–H and O–H groups in total. The molecule has 0 aliphatic rings. The van der Waals surface area contributed by atoms with Crippen molar-refractivity contribution in [3.05, 3.63) is 41.5 Å². The van der Waals surface area contributed by atoms with E-state index in [0.717, 1.165) is 0 Å². The number of primary amides is 1. The molecule has 0 aliphatic carbocycles. The lowest BCUT2D eigenvalue weighted by Crippen LogP contribution is -2.12. The monoisotopic (exact) mass is 319 g/mol. The highest BCUT2D eigenvalue weighted by Gasteiger charge is 2.08. The molecule has 124 valence electrons. The molecule has 0 atom stereocenters. The predicted octanol–water partition coefficient (Wildman–Crippen LogP) is 2.37. The van der Waals surface area contributed by atoms with Gasteiger partial charge in [0.2, 0.25) is 5.91 Å². The van der Waals surface area contributed by atoms with Crippen LogP contribution in [-0.4, -0.2) is 24.5 Å². The molecule has 0 aromatic heterocycles. The summed E-state index contributed by atoms with van der Waals surface area (Å²) < 4.78 is 10.2. The minimum Gasteiger partial charge on any atom is -0.462 e. The third-order valence-electron chi connectivity index (χ3n) is 2.97. The molecule has 0 radical (unpaired) electrons. The van der Waals surface area contributed by atoms with Crippen LogP contribution in [-0.2, 0) is 14.3 Å². The summed E-state index contributed by atoms with van der Waals surface area (Å²) in [6.07, 6.45) is 3.09. The van der Waals surface area contributed by atoms with Gasteiger partial charge in [0.05, 0.1) is 12.2 Å². The Bertz CT molecular complexity index is 590. The summed E-state index contributed by atoms with van der Waals surface area (Å²) in [6, 6.07) is 6.14. The van der Waals surface area contributed by atoms with Crippen LogP contribution in [0.4, 0.5) is 0 Å². The Morgan fingerprint density at radius 2 is 1.83 bits per heavy atom. The second-order valence-corrected chi connectivity index (χ2v) is 4.92. The number of amides is 1. The molecule has 0 aliphatic heterocycles. The van der Waals surface area contributed by atoms with Gasteiger partial charge in [-0.2, -0.15) is 0 Å². The summed E-state index contributed by atoms with van der Waals surface area (Å²) in [5, 5.41) is 0. The first-order valence-electron chi connectivity index (χ1n) is 7.38. The van der Waals surface area contributed by atoms with Crippen molar-refractivity contribution in [1.29, 1.82) is 0 Å². The molecule has 23 heavy (non-hydrogen) atoms. The maximum Gasteiger partial charge on any atom is 0.338 e. The number of nitrogens with two attached hydrogens (primary N) is 1. The molecule has 1 amide bonds. The lowest BCUT2D eigenvalue weighted by atomic mass is 10.2. The van der Waals surface area contributed by atoms with Gasteiger partial charge in [-0.25, -0.2) is 4.79 Å². The van der Waals surface area contributed by atoms with Crippen molar-refractivity contribution in [2.75, 3.05) is 6.61 Å². The fourth-order valence-corrected chi connectivity index (χ4v) is 1.66. The summed E-state index contributed by atoms with van der Waals surface area (Å²) in [7, 11) is 0. The van der Waals surface area contributed by atoms with E-state index in [9.17, 15) is 14.4 Å². The average molecular weight is 319 g/mol. The van der Waals surface area contributed by atoms with E-state index >= 15 is 0 Å². The minimum absolute atomic E-state index is 0.149.